The predicted molar refractivity (Wildman–Crippen MR) is 68.9 cm³/mol. The van der Waals surface area contributed by atoms with Gasteiger partial charge in [-0.15, -0.1) is 12.4 Å². The van der Waals surface area contributed by atoms with E-state index in [0.29, 0.717) is 12.6 Å². The van der Waals surface area contributed by atoms with Gasteiger partial charge in [-0.05, 0) is 18.4 Å². The average molecular weight is 242 g/mol. The summed E-state index contributed by atoms with van der Waals surface area (Å²) >= 11 is 0. The zero-order chi connectivity index (χ0) is 10.5. The maximum atomic E-state index is 9.92. The van der Waals surface area contributed by atoms with Gasteiger partial charge in [-0.2, -0.15) is 0 Å². The SMILES string of the molecule is Cl.OC(CNC1CCCC1)c1ccccc1. The highest BCUT2D eigenvalue weighted by Gasteiger charge is 2.15. The summed E-state index contributed by atoms with van der Waals surface area (Å²) in [5.74, 6) is 0. The Labute approximate surface area is 103 Å². The molecule has 1 atom stereocenters. The molecule has 1 saturated carbocycles. The fraction of sp³-hybridized carbons (Fsp3) is 0.538. The third-order valence-corrected chi connectivity index (χ3v) is 3.14. The Morgan fingerprint density at radius 3 is 2.44 bits per heavy atom. The van der Waals surface area contributed by atoms with Crippen molar-refractivity contribution in [2.45, 2.75) is 37.8 Å². The summed E-state index contributed by atoms with van der Waals surface area (Å²) in [4.78, 5) is 0. The van der Waals surface area contributed by atoms with Gasteiger partial charge in [-0.25, -0.2) is 0 Å². The molecule has 2 nitrogen and oxygen atoms in total. The molecule has 1 aliphatic rings. The standard InChI is InChI=1S/C13H19NO.ClH/c15-13(11-6-2-1-3-7-11)10-14-12-8-4-5-9-12;/h1-3,6-7,12-15H,4-5,8-10H2;1H. The molecule has 0 bridgehead atoms. The Bertz CT molecular complexity index is 285. The van der Waals surface area contributed by atoms with E-state index in [2.05, 4.69) is 5.32 Å². The van der Waals surface area contributed by atoms with Gasteiger partial charge in [0, 0.05) is 12.6 Å². The van der Waals surface area contributed by atoms with Gasteiger partial charge in [0.05, 0.1) is 6.10 Å². The van der Waals surface area contributed by atoms with Crippen LogP contribution in [0.5, 0.6) is 0 Å². The van der Waals surface area contributed by atoms with E-state index in [1.807, 2.05) is 30.3 Å². The third kappa shape index (κ3) is 3.78. The first kappa shape index (κ1) is 13.5. The molecule has 1 aromatic carbocycles. The van der Waals surface area contributed by atoms with E-state index >= 15 is 0 Å². The molecule has 16 heavy (non-hydrogen) atoms. The van der Waals surface area contributed by atoms with Crippen LogP contribution in [0.1, 0.15) is 37.4 Å². The van der Waals surface area contributed by atoms with Crippen LogP contribution in [-0.2, 0) is 0 Å². The van der Waals surface area contributed by atoms with E-state index in [4.69, 9.17) is 0 Å². The molecule has 1 aliphatic carbocycles. The first-order valence-electron chi connectivity index (χ1n) is 5.82. The fourth-order valence-corrected chi connectivity index (χ4v) is 2.20. The number of aliphatic hydroxyl groups excluding tert-OH is 1. The van der Waals surface area contributed by atoms with Crippen molar-refractivity contribution in [3.8, 4) is 0 Å². The Morgan fingerprint density at radius 2 is 1.81 bits per heavy atom. The smallest absolute Gasteiger partial charge is 0.0914 e. The van der Waals surface area contributed by atoms with Gasteiger partial charge in [-0.3, -0.25) is 0 Å². The molecule has 0 amide bonds. The van der Waals surface area contributed by atoms with Gasteiger partial charge < -0.3 is 10.4 Å². The summed E-state index contributed by atoms with van der Waals surface area (Å²) in [5, 5.41) is 13.3. The molecule has 2 rings (SSSR count). The molecule has 0 saturated heterocycles. The number of aliphatic hydroxyl groups is 1. The van der Waals surface area contributed by atoms with Crippen LogP contribution >= 0.6 is 12.4 Å². The first-order chi connectivity index (χ1) is 7.36. The van der Waals surface area contributed by atoms with Crippen molar-refractivity contribution in [2.75, 3.05) is 6.54 Å². The second kappa shape index (κ2) is 6.89. The van der Waals surface area contributed by atoms with Crippen LogP contribution < -0.4 is 5.32 Å². The number of benzene rings is 1. The Hall–Kier alpha value is -0.570. The predicted octanol–water partition coefficient (Wildman–Crippen LogP) is 2.67. The molecule has 90 valence electrons. The lowest BCUT2D eigenvalue weighted by atomic mass is 10.1. The molecule has 0 spiro atoms. The topological polar surface area (TPSA) is 32.3 Å². The van der Waals surface area contributed by atoms with E-state index in [1.54, 1.807) is 0 Å². The summed E-state index contributed by atoms with van der Waals surface area (Å²) in [5.41, 5.74) is 1.00. The van der Waals surface area contributed by atoms with Crippen LogP contribution in [0, 0.1) is 0 Å². The second-order valence-corrected chi connectivity index (χ2v) is 4.32. The largest absolute Gasteiger partial charge is 0.387 e. The van der Waals surface area contributed by atoms with Gasteiger partial charge in [0.15, 0.2) is 0 Å². The monoisotopic (exact) mass is 241 g/mol. The normalized spacial score (nSPS) is 18.1. The van der Waals surface area contributed by atoms with Crippen molar-refractivity contribution in [1.29, 1.82) is 0 Å². The summed E-state index contributed by atoms with van der Waals surface area (Å²) in [7, 11) is 0. The molecule has 2 N–H and O–H groups in total. The maximum Gasteiger partial charge on any atom is 0.0914 e. The molecular weight excluding hydrogens is 222 g/mol. The van der Waals surface area contributed by atoms with Gasteiger partial charge in [0.1, 0.15) is 0 Å². The maximum absolute atomic E-state index is 9.92. The van der Waals surface area contributed by atoms with E-state index < -0.39 is 0 Å². The highest BCUT2D eigenvalue weighted by molar-refractivity contribution is 5.85. The van der Waals surface area contributed by atoms with Gasteiger partial charge in [0.25, 0.3) is 0 Å². The number of nitrogens with one attached hydrogen (secondary N) is 1. The molecule has 1 fully saturated rings. The Balaban J connectivity index is 0.00000128. The second-order valence-electron chi connectivity index (χ2n) is 4.32. The number of halogens is 1. The molecule has 1 unspecified atom stereocenters. The van der Waals surface area contributed by atoms with Crippen molar-refractivity contribution in [3.63, 3.8) is 0 Å². The van der Waals surface area contributed by atoms with Crippen LogP contribution in [-0.4, -0.2) is 17.7 Å². The Morgan fingerprint density at radius 1 is 1.19 bits per heavy atom. The summed E-state index contributed by atoms with van der Waals surface area (Å²) in [6.07, 6.45) is 4.83. The van der Waals surface area contributed by atoms with Gasteiger partial charge in [-0.1, -0.05) is 43.2 Å². The lowest BCUT2D eigenvalue weighted by molar-refractivity contribution is 0.170. The van der Waals surface area contributed by atoms with E-state index in [0.717, 1.165) is 5.56 Å². The third-order valence-electron chi connectivity index (χ3n) is 3.14. The zero-order valence-corrected chi connectivity index (χ0v) is 10.2. The quantitative estimate of drug-likeness (QED) is 0.850. The van der Waals surface area contributed by atoms with E-state index in [1.165, 1.54) is 25.7 Å². The van der Waals surface area contributed by atoms with Gasteiger partial charge in [0.2, 0.25) is 0 Å². The van der Waals surface area contributed by atoms with Crippen molar-refractivity contribution in [2.24, 2.45) is 0 Å². The van der Waals surface area contributed by atoms with Crippen LogP contribution in [0.2, 0.25) is 0 Å². The van der Waals surface area contributed by atoms with Gasteiger partial charge >= 0.3 is 0 Å². The van der Waals surface area contributed by atoms with Crippen molar-refractivity contribution in [3.05, 3.63) is 35.9 Å². The lowest BCUT2D eigenvalue weighted by Crippen LogP contribution is -2.30. The molecule has 0 aromatic heterocycles. The van der Waals surface area contributed by atoms with Crippen molar-refractivity contribution >= 4 is 12.4 Å². The minimum Gasteiger partial charge on any atom is -0.387 e. The highest BCUT2D eigenvalue weighted by Crippen LogP contribution is 2.18. The zero-order valence-electron chi connectivity index (χ0n) is 9.43. The number of hydrogen-bond acceptors (Lipinski definition) is 2. The van der Waals surface area contributed by atoms with E-state index in [9.17, 15) is 5.11 Å². The number of hydrogen-bond donors (Lipinski definition) is 2. The van der Waals surface area contributed by atoms with Crippen LogP contribution in [0.4, 0.5) is 0 Å². The average Bonchev–Trinajstić information content (AvgIpc) is 2.80. The molecular formula is C13H20ClNO. The first-order valence-corrected chi connectivity index (χ1v) is 5.82. The van der Waals surface area contributed by atoms with Crippen molar-refractivity contribution < 1.29 is 5.11 Å². The summed E-state index contributed by atoms with van der Waals surface area (Å²) < 4.78 is 0. The molecule has 0 heterocycles. The van der Waals surface area contributed by atoms with Crippen molar-refractivity contribution in [1.82, 2.24) is 5.32 Å². The fourth-order valence-electron chi connectivity index (χ4n) is 2.20. The van der Waals surface area contributed by atoms with Crippen LogP contribution in [0.15, 0.2) is 30.3 Å². The highest BCUT2D eigenvalue weighted by atomic mass is 35.5. The van der Waals surface area contributed by atoms with Crippen LogP contribution in [0.3, 0.4) is 0 Å². The molecule has 0 aliphatic heterocycles. The minimum atomic E-state index is -0.369. The van der Waals surface area contributed by atoms with Crippen LogP contribution in [0.25, 0.3) is 0 Å². The summed E-state index contributed by atoms with van der Waals surface area (Å²) in [6.45, 7) is 0.675. The minimum absolute atomic E-state index is 0. The summed E-state index contributed by atoms with van der Waals surface area (Å²) in [6, 6.07) is 10.5. The molecule has 3 heteroatoms. The molecule has 0 radical (unpaired) electrons. The Kier molecular flexibility index (Phi) is 5.81. The van der Waals surface area contributed by atoms with E-state index in [-0.39, 0.29) is 18.5 Å². The lowest BCUT2D eigenvalue weighted by Gasteiger charge is -2.16. The molecule has 1 aromatic rings. The number of rotatable bonds is 4.